The molecule has 0 bridgehead atoms. The first-order chi connectivity index (χ1) is 10.4. The largest absolute Gasteiger partial charge is 0.465 e. The van der Waals surface area contributed by atoms with E-state index in [1.54, 1.807) is 12.1 Å². The van der Waals surface area contributed by atoms with E-state index in [2.05, 4.69) is 25.7 Å². The molecule has 0 spiro atoms. The van der Waals surface area contributed by atoms with Gasteiger partial charge in [0.1, 0.15) is 15.9 Å². The van der Waals surface area contributed by atoms with E-state index < -0.39 is 10.9 Å². The van der Waals surface area contributed by atoms with Gasteiger partial charge >= 0.3 is 5.97 Å². The number of esters is 1. The molecule has 0 saturated heterocycles. The highest BCUT2D eigenvalue weighted by Gasteiger charge is 2.22. The predicted molar refractivity (Wildman–Crippen MR) is 81.2 cm³/mol. The van der Waals surface area contributed by atoms with E-state index in [4.69, 9.17) is 4.74 Å². The van der Waals surface area contributed by atoms with Crippen molar-refractivity contribution in [2.45, 2.75) is 6.92 Å². The predicted octanol–water partition coefficient (Wildman–Crippen LogP) is 3.64. The average Bonchev–Trinajstić information content (AvgIpc) is 2.49. The van der Waals surface area contributed by atoms with E-state index in [-0.39, 0.29) is 17.0 Å². The molecule has 1 aromatic heterocycles. The zero-order valence-electron chi connectivity index (χ0n) is 11.7. The molecule has 0 aliphatic carbocycles. The number of benzene rings is 1. The quantitative estimate of drug-likeness (QED) is 0.355. The minimum absolute atomic E-state index is 0.179. The summed E-state index contributed by atoms with van der Waals surface area (Å²) >= 11 is 3.27. The normalized spacial score (nSPS) is 10.1. The summed E-state index contributed by atoms with van der Waals surface area (Å²) < 4.78 is 10.6. The third-order valence-corrected chi connectivity index (χ3v) is 3.32. The van der Waals surface area contributed by atoms with Crippen molar-refractivity contribution in [1.82, 2.24) is 4.98 Å². The molecule has 114 valence electrons. The monoisotopic (exact) mass is 366 g/mol. The van der Waals surface area contributed by atoms with Crippen molar-refractivity contribution in [2.75, 3.05) is 7.11 Å². The molecule has 1 heterocycles. The Labute approximate surface area is 134 Å². The van der Waals surface area contributed by atoms with Gasteiger partial charge in [0.2, 0.25) is 0 Å². The zero-order chi connectivity index (χ0) is 16.3. The number of pyridine rings is 1. The maximum absolute atomic E-state index is 11.7. The third-order valence-electron chi connectivity index (χ3n) is 2.75. The van der Waals surface area contributed by atoms with Gasteiger partial charge in [-0.05, 0) is 41.1 Å². The highest BCUT2D eigenvalue weighted by atomic mass is 79.9. The lowest BCUT2D eigenvalue weighted by atomic mass is 10.1. The van der Waals surface area contributed by atoms with Crippen molar-refractivity contribution in [1.29, 1.82) is 0 Å². The maximum Gasteiger partial charge on any atom is 0.345 e. The molecule has 7 nitrogen and oxygen atoms in total. The summed E-state index contributed by atoms with van der Waals surface area (Å²) in [5, 5.41) is 10.9. The van der Waals surface area contributed by atoms with Gasteiger partial charge in [-0.3, -0.25) is 10.1 Å². The Kier molecular flexibility index (Phi) is 4.71. The van der Waals surface area contributed by atoms with Gasteiger partial charge in [-0.25, -0.2) is 9.78 Å². The number of hydrogen-bond acceptors (Lipinski definition) is 6. The van der Waals surface area contributed by atoms with Crippen LogP contribution in [-0.4, -0.2) is 23.0 Å². The first-order valence-corrected chi connectivity index (χ1v) is 6.89. The number of hydrogen-bond donors (Lipinski definition) is 0. The van der Waals surface area contributed by atoms with Crippen LogP contribution >= 0.6 is 15.9 Å². The van der Waals surface area contributed by atoms with Crippen LogP contribution in [0.15, 0.2) is 34.9 Å². The van der Waals surface area contributed by atoms with Gasteiger partial charge in [-0.1, -0.05) is 0 Å². The summed E-state index contributed by atoms with van der Waals surface area (Å²) in [5.74, 6) is -0.120. The number of halogens is 1. The van der Waals surface area contributed by atoms with Gasteiger partial charge in [0, 0.05) is 17.8 Å². The van der Waals surface area contributed by atoms with Crippen LogP contribution in [0.5, 0.6) is 11.5 Å². The first kappa shape index (κ1) is 15.9. The van der Waals surface area contributed by atoms with Gasteiger partial charge in [0.15, 0.2) is 5.75 Å². The molecular formula is C14H11BrN2O5. The maximum atomic E-state index is 11.7. The van der Waals surface area contributed by atoms with Crippen molar-refractivity contribution in [2.24, 2.45) is 0 Å². The van der Waals surface area contributed by atoms with E-state index in [9.17, 15) is 14.9 Å². The number of carbonyl (C=O) groups is 1. The molecule has 0 amide bonds. The van der Waals surface area contributed by atoms with Crippen molar-refractivity contribution >= 4 is 27.6 Å². The minimum atomic E-state index is -0.807. The summed E-state index contributed by atoms with van der Waals surface area (Å²) in [6, 6.07) is 7.31. The van der Waals surface area contributed by atoms with Crippen molar-refractivity contribution < 1.29 is 19.2 Å². The average molecular weight is 367 g/mol. The highest BCUT2D eigenvalue weighted by Crippen LogP contribution is 2.31. The first-order valence-electron chi connectivity index (χ1n) is 6.10. The highest BCUT2D eigenvalue weighted by molar-refractivity contribution is 9.10. The fraction of sp³-hybridized carbons (Fsp3) is 0.143. The fourth-order valence-corrected chi connectivity index (χ4v) is 2.22. The van der Waals surface area contributed by atoms with Crippen molar-refractivity contribution in [3.63, 3.8) is 0 Å². The molecule has 0 saturated carbocycles. The second-order valence-corrected chi connectivity index (χ2v) is 5.02. The number of nitro benzene ring substituents is 1. The number of nitrogens with zero attached hydrogens (tertiary/aromatic N) is 2. The Balaban J connectivity index is 2.40. The number of aromatic nitrogens is 1. The smallest absolute Gasteiger partial charge is 0.345 e. The molecule has 0 radical (unpaired) electrons. The summed E-state index contributed by atoms with van der Waals surface area (Å²) in [5.41, 5.74) is 0.277. The standard InChI is InChI=1S/C14H11BrN2O5/c1-8-3-6-12(13(15)16-8)22-9-4-5-11(17(19)20)10(7-9)14(18)21-2/h3-7H,1-2H3. The molecule has 0 fully saturated rings. The number of carbonyl (C=O) groups excluding carboxylic acids is 1. The van der Waals surface area contributed by atoms with Crippen molar-refractivity contribution in [3.8, 4) is 11.5 Å². The Morgan fingerprint density at radius 3 is 2.64 bits per heavy atom. The van der Waals surface area contributed by atoms with Crippen LogP contribution in [0.25, 0.3) is 0 Å². The number of ether oxygens (including phenoxy) is 2. The van der Waals surface area contributed by atoms with E-state index in [1.807, 2.05) is 6.92 Å². The molecule has 0 unspecified atom stereocenters. The third kappa shape index (κ3) is 3.40. The number of aryl methyl sites for hydroxylation is 1. The van der Waals surface area contributed by atoms with Crippen LogP contribution in [0.1, 0.15) is 16.1 Å². The van der Waals surface area contributed by atoms with E-state index in [0.29, 0.717) is 10.4 Å². The van der Waals surface area contributed by atoms with Crippen LogP contribution in [0.3, 0.4) is 0 Å². The molecule has 0 atom stereocenters. The Morgan fingerprint density at radius 1 is 1.32 bits per heavy atom. The van der Waals surface area contributed by atoms with Gasteiger partial charge in [0.25, 0.3) is 5.69 Å². The van der Waals surface area contributed by atoms with E-state index in [0.717, 1.165) is 12.8 Å². The molecule has 8 heteroatoms. The summed E-state index contributed by atoms with van der Waals surface area (Å²) in [6.45, 7) is 1.83. The molecule has 0 N–H and O–H groups in total. The molecule has 2 rings (SSSR count). The fourth-order valence-electron chi connectivity index (χ4n) is 1.73. The number of methoxy groups -OCH3 is 1. The summed E-state index contributed by atoms with van der Waals surface area (Å²) in [6.07, 6.45) is 0. The lowest BCUT2D eigenvalue weighted by Crippen LogP contribution is -2.06. The van der Waals surface area contributed by atoms with Gasteiger partial charge in [-0.2, -0.15) is 0 Å². The molecule has 1 aromatic carbocycles. The lowest BCUT2D eigenvalue weighted by Gasteiger charge is -2.09. The Hall–Kier alpha value is -2.48. The second-order valence-electron chi connectivity index (χ2n) is 4.27. The van der Waals surface area contributed by atoms with Crippen LogP contribution < -0.4 is 4.74 Å². The van der Waals surface area contributed by atoms with E-state index in [1.165, 1.54) is 18.2 Å². The van der Waals surface area contributed by atoms with Crippen LogP contribution in [0.2, 0.25) is 0 Å². The summed E-state index contributed by atoms with van der Waals surface area (Å²) in [4.78, 5) is 26.1. The van der Waals surface area contributed by atoms with Gasteiger partial charge in [-0.15, -0.1) is 0 Å². The van der Waals surface area contributed by atoms with Crippen LogP contribution in [0, 0.1) is 17.0 Å². The Bertz CT molecular complexity index is 748. The van der Waals surface area contributed by atoms with Gasteiger partial charge < -0.3 is 9.47 Å². The molecule has 0 aliphatic rings. The summed E-state index contributed by atoms with van der Waals surface area (Å²) in [7, 11) is 1.15. The molecule has 2 aromatic rings. The minimum Gasteiger partial charge on any atom is -0.465 e. The molecule has 0 aliphatic heterocycles. The second kappa shape index (κ2) is 6.52. The molecule has 22 heavy (non-hydrogen) atoms. The number of rotatable bonds is 4. The SMILES string of the molecule is COC(=O)c1cc(Oc2ccc(C)nc2Br)ccc1[N+](=O)[O-]. The topological polar surface area (TPSA) is 91.6 Å². The van der Waals surface area contributed by atoms with E-state index >= 15 is 0 Å². The zero-order valence-corrected chi connectivity index (χ0v) is 13.3. The van der Waals surface area contributed by atoms with Crippen molar-refractivity contribution in [3.05, 3.63) is 56.3 Å². The molecular weight excluding hydrogens is 356 g/mol. The van der Waals surface area contributed by atoms with Crippen LogP contribution in [0.4, 0.5) is 5.69 Å². The van der Waals surface area contributed by atoms with Gasteiger partial charge in [0.05, 0.1) is 12.0 Å². The lowest BCUT2D eigenvalue weighted by molar-refractivity contribution is -0.385. The Morgan fingerprint density at radius 2 is 2.05 bits per heavy atom. The number of nitro groups is 1. The van der Waals surface area contributed by atoms with Crippen LogP contribution in [-0.2, 0) is 4.74 Å².